The second-order valence-corrected chi connectivity index (χ2v) is 4.44. The topological polar surface area (TPSA) is 18.5 Å². The van der Waals surface area contributed by atoms with Crippen LogP contribution in [0.15, 0.2) is 10.8 Å². The van der Waals surface area contributed by atoms with E-state index in [2.05, 4.69) is 0 Å². The Labute approximate surface area is 81.5 Å². The summed E-state index contributed by atoms with van der Waals surface area (Å²) in [5, 5.41) is 4.06. The van der Waals surface area contributed by atoms with Crippen LogP contribution in [0.3, 0.4) is 0 Å². The van der Waals surface area contributed by atoms with Gasteiger partial charge in [-0.25, -0.2) is 0 Å². The van der Waals surface area contributed by atoms with Gasteiger partial charge in [0.1, 0.15) is 12.2 Å². The van der Waals surface area contributed by atoms with Crippen LogP contribution in [-0.2, 0) is 0 Å². The standard InChI is InChI=1S/C10H12O2S/c1-2-4-8-7(3-1)11-9-5-13-6-10(9)12-8/h5-8H,1-4H2/t7-,8-/m1/s1. The summed E-state index contributed by atoms with van der Waals surface area (Å²) in [5.74, 6) is 1.90. The van der Waals surface area contributed by atoms with Crippen LogP contribution < -0.4 is 9.47 Å². The largest absolute Gasteiger partial charge is 0.482 e. The number of ether oxygens (including phenoxy) is 2. The van der Waals surface area contributed by atoms with Gasteiger partial charge in [-0.3, -0.25) is 0 Å². The Bertz CT molecular complexity index is 279. The first-order valence-electron chi connectivity index (χ1n) is 4.83. The highest BCUT2D eigenvalue weighted by molar-refractivity contribution is 7.08. The average Bonchev–Trinajstić information content (AvgIpc) is 2.61. The van der Waals surface area contributed by atoms with Crippen molar-refractivity contribution in [2.24, 2.45) is 0 Å². The van der Waals surface area contributed by atoms with Crippen molar-refractivity contribution in [3.05, 3.63) is 10.8 Å². The molecule has 1 aliphatic carbocycles. The van der Waals surface area contributed by atoms with E-state index in [1.165, 1.54) is 12.8 Å². The SMILES string of the molecule is c1scc2c1O[C@@H]1CCCC[C@H]1O2. The molecule has 1 fully saturated rings. The zero-order valence-corrected chi connectivity index (χ0v) is 8.18. The molecule has 70 valence electrons. The van der Waals surface area contributed by atoms with E-state index in [1.54, 1.807) is 11.3 Å². The van der Waals surface area contributed by atoms with Crippen LogP contribution in [0.5, 0.6) is 11.5 Å². The zero-order chi connectivity index (χ0) is 8.67. The van der Waals surface area contributed by atoms with Gasteiger partial charge in [-0.15, -0.1) is 11.3 Å². The number of hydrogen-bond acceptors (Lipinski definition) is 3. The molecule has 0 spiro atoms. The summed E-state index contributed by atoms with van der Waals surface area (Å²) in [6, 6.07) is 0. The molecule has 1 aliphatic heterocycles. The minimum atomic E-state index is 0.316. The van der Waals surface area contributed by atoms with E-state index in [4.69, 9.17) is 9.47 Å². The fraction of sp³-hybridized carbons (Fsp3) is 0.600. The molecule has 0 aromatic carbocycles. The average molecular weight is 196 g/mol. The third kappa shape index (κ3) is 1.22. The summed E-state index contributed by atoms with van der Waals surface area (Å²) in [4.78, 5) is 0. The molecular formula is C10H12O2S. The van der Waals surface area contributed by atoms with Crippen molar-refractivity contribution in [3.63, 3.8) is 0 Å². The normalized spacial score (nSPS) is 31.1. The van der Waals surface area contributed by atoms with Gasteiger partial charge < -0.3 is 9.47 Å². The highest BCUT2D eigenvalue weighted by Gasteiger charge is 2.33. The Hall–Kier alpha value is -0.700. The summed E-state index contributed by atoms with van der Waals surface area (Å²) in [6.07, 6.45) is 5.50. The van der Waals surface area contributed by atoms with Gasteiger partial charge in [0.25, 0.3) is 0 Å². The van der Waals surface area contributed by atoms with E-state index in [-0.39, 0.29) is 0 Å². The number of hydrogen-bond donors (Lipinski definition) is 0. The summed E-state index contributed by atoms with van der Waals surface area (Å²) in [5.41, 5.74) is 0. The van der Waals surface area contributed by atoms with Gasteiger partial charge in [0.15, 0.2) is 11.5 Å². The van der Waals surface area contributed by atoms with Crippen molar-refractivity contribution in [3.8, 4) is 11.5 Å². The van der Waals surface area contributed by atoms with Gasteiger partial charge in [-0.05, 0) is 25.7 Å². The summed E-state index contributed by atoms with van der Waals surface area (Å²) >= 11 is 1.65. The number of rotatable bonds is 0. The van der Waals surface area contributed by atoms with Crippen molar-refractivity contribution in [1.82, 2.24) is 0 Å². The van der Waals surface area contributed by atoms with Gasteiger partial charge in [0.2, 0.25) is 0 Å². The molecule has 2 aliphatic rings. The van der Waals surface area contributed by atoms with Gasteiger partial charge in [0, 0.05) is 10.8 Å². The fourth-order valence-corrected chi connectivity index (χ4v) is 2.76. The fourth-order valence-electron chi connectivity index (χ4n) is 2.10. The predicted octanol–water partition coefficient (Wildman–Crippen LogP) is 2.83. The molecule has 0 saturated heterocycles. The maximum Gasteiger partial charge on any atom is 0.172 e. The number of thiophene rings is 1. The summed E-state index contributed by atoms with van der Waals surface area (Å²) in [6.45, 7) is 0. The van der Waals surface area contributed by atoms with Crippen LogP contribution in [0.4, 0.5) is 0 Å². The molecule has 0 bridgehead atoms. The smallest absolute Gasteiger partial charge is 0.172 e. The van der Waals surface area contributed by atoms with Crippen LogP contribution in [-0.4, -0.2) is 12.2 Å². The first kappa shape index (κ1) is 7.68. The van der Waals surface area contributed by atoms with Crippen LogP contribution in [0, 0.1) is 0 Å². The zero-order valence-electron chi connectivity index (χ0n) is 7.36. The van der Waals surface area contributed by atoms with Gasteiger partial charge >= 0.3 is 0 Å². The lowest BCUT2D eigenvalue weighted by atomic mass is 9.94. The van der Waals surface area contributed by atoms with E-state index in [1.807, 2.05) is 10.8 Å². The molecule has 0 radical (unpaired) electrons. The molecule has 2 nitrogen and oxygen atoms in total. The molecule has 2 atom stereocenters. The molecule has 2 heterocycles. The van der Waals surface area contributed by atoms with Crippen molar-refractivity contribution in [1.29, 1.82) is 0 Å². The lowest BCUT2D eigenvalue weighted by Gasteiger charge is -2.35. The molecule has 0 unspecified atom stereocenters. The summed E-state index contributed by atoms with van der Waals surface area (Å²) in [7, 11) is 0. The highest BCUT2D eigenvalue weighted by atomic mass is 32.1. The van der Waals surface area contributed by atoms with Gasteiger partial charge in [0.05, 0.1) is 0 Å². The molecule has 0 amide bonds. The van der Waals surface area contributed by atoms with Gasteiger partial charge in [-0.2, -0.15) is 0 Å². The van der Waals surface area contributed by atoms with E-state index in [0.717, 1.165) is 24.3 Å². The molecule has 1 aromatic heterocycles. The van der Waals surface area contributed by atoms with Crippen molar-refractivity contribution in [2.75, 3.05) is 0 Å². The lowest BCUT2D eigenvalue weighted by molar-refractivity contribution is -0.00503. The minimum Gasteiger partial charge on any atom is -0.482 e. The Morgan fingerprint density at radius 2 is 1.54 bits per heavy atom. The number of fused-ring (bicyclic) bond motifs is 2. The Balaban J connectivity index is 1.89. The molecule has 3 heteroatoms. The Morgan fingerprint density at radius 3 is 2.08 bits per heavy atom. The van der Waals surface area contributed by atoms with E-state index in [0.29, 0.717) is 12.2 Å². The third-order valence-electron chi connectivity index (χ3n) is 2.79. The van der Waals surface area contributed by atoms with Gasteiger partial charge in [-0.1, -0.05) is 0 Å². The van der Waals surface area contributed by atoms with E-state index in [9.17, 15) is 0 Å². The lowest BCUT2D eigenvalue weighted by Crippen LogP contribution is -2.41. The molecule has 3 rings (SSSR count). The summed E-state index contributed by atoms with van der Waals surface area (Å²) < 4.78 is 11.7. The van der Waals surface area contributed by atoms with Crippen molar-refractivity contribution >= 4 is 11.3 Å². The maximum absolute atomic E-state index is 5.86. The molecule has 13 heavy (non-hydrogen) atoms. The van der Waals surface area contributed by atoms with Crippen LogP contribution >= 0.6 is 11.3 Å². The first-order chi connectivity index (χ1) is 6.43. The molecule has 0 N–H and O–H groups in total. The van der Waals surface area contributed by atoms with E-state index >= 15 is 0 Å². The van der Waals surface area contributed by atoms with Crippen molar-refractivity contribution in [2.45, 2.75) is 37.9 Å². The van der Waals surface area contributed by atoms with Crippen LogP contribution in [0.25, 0.3) is 0 Å². The first-order valence-corrected chi connectivity index (χ1v) is 5.77. The maximum atomic E-state index is 5.86. The predicted molar refractivity (Wildman–Crippen MR) is 51.6 cm³/mol. The van der Waals surface area contributed by atoms with Crippen LogP contribution in [0.2, 0.25) is 0 Å². The molecule has 1 aromatic rings. The second-order valence-electron chi connectivity index (χ2n) is 3.70. The van der Waals surface area contributed by atoms with E-state index < -0.39 is 0 Å². The third-order valence-corrected chi connectivity index (χ3v) is 3.49. The second kappa shape index (κ2) is 2.91. The quantitative estimate of drug-likeness (QED) is 0.635. The monoisotopic (exact) mass is 196 g/mol. The molecule has 1 saturated carbocycles. The minimum absolute atomic E-state index is 0.316. The highest BCUT2D eigenvalue weighted by Crippen LogP contribution is 2.40. The Kier molecular flexibility index (Phi) is 1.72. The Morgan fingerprint density at radius 1 is 1.00 bits per heavy atom. The van der Waals surface area contributed by atoms with Crippen LogP contribution in [0.1, 0.15) is 25.7 Å². The molecular weight excluding hydrogens is 184 g/mol. The van der Waals surface area contributed by atoms with Crippen molar-refractivity contribution < 1.29 is 9.47 Å².